The Morgan fingerprint density at radius 2 is 1.80 bits per heavy atom. The molecule has 1 aliphatic carbocycles. The van der Waals surface area contributed by atoms with Crippen molar-refractivity contribution in [1.29, 1.82) is 0 Å². The smallest absolute Gasteiger partial charge is 0.287 e. The number of benzene rings is 1. The van der Waals surface area contributed by atoms with E-state index in [-0.39, 0.29) is 23.5 Å². The fourth-order valence-electron chi connectivity index (χ4n) is 3.98. The summed E-state index contributed by atoms with van der Waals surface area (Å²) in [7, 11) is 2.17. The number of carbonyl (C=O) groups is 2. The minimum atomic E-state index is -0.626. The summed E-state index contributed by atoms with van der Waals surface area (Å²) in [4.78, 5) is 27.3. The molecule has 0 saturated heterocycles. The molecule has 1 heterocycles. The first-order valence-electron chi connectivity index (χ1n) is 10.9. The molecule has 6 heteroatoms. The normalized spacial score (nSPS) is 15.6. The predicted molar refractivity (Wildman–Crippen MR) is 118 cm³/mol. The standard InChI is InChI=1S/C24H33N3O3/c1-17(2)22(26-23(28)21-10-7-15-30-21)24(29)25-16-18-11-13-20(14-12-18)27(3)19-8-5-4-6-9-19/h7,10-15,17,19,22H,4-6,8-9,16H2,1-3H3,(H,25,29)(H,26,28). The second-order valence-corrected chi connectivity index (χ2v) is 8.46. The number of carbonyl (C=O) groups excluding carboxylic acids is 2. The van der Waals surface area contributed by atoms with Crippen LogP contribution in [0.25, 0.3) is 0 Å². The molecule has 2 aromatic rings. The van der Waals surface area contributed by atoms with Gasteiger partial charge in [-0.2, -0.15) is 0 Å². The number of hydrogen-bond acceptors (Lipinski definition) is 4. The maximum atomic E-state index is 12.7. The van der Waals surface area contributed by atoms with Crippen molar-refractivity contribution < 1.29 is 14.0 Å². The van der Waals surface area contributed by atoms with Gasteiger partial charge in [-0.25, -0.2) is 0 Å². The molecule has 1 aromatic carbocycles. The highest BCUT2D eigenvalue weighted by Gasteiger charge is 2.25. The van der Waals surface area contributed by atoms with Gasteiger partial charge in [0.2, 0.25) is 5.91 Å². The molecule has 30 heavy (non-hydrogen) atoms. The second kappa shape index (κ2) is 10.3. The van der Waals surface area contributed by atoms with Crippen molar-refractivity contribution in [1.82, 2.24) is 10.6 Å². The molecule has 3 rings (SSSR count). The second-order valence-electron chi connectivity index (χ2n) is 8.46. The highest BCUT2D eigenvalue weighted by molar-refractivity contribution is 5.95. The van der Waals surface area contributed by atoms with E-state index in [0.29, 0.717) is 12.6 Å². The summed E-state index contributed by atoms with van der Waals surface area (Å²) in [6.45, 7) is 4.23. The molecule has 1 aliphatic rings. The van der Waals surface area contributed by atoms with Crippen molar-refractivity contribution in [2.24, 2.45) is 5.92 Å². The largest absolute Gasteiger partial charge is 0.459 e. The van der Waals surface area contributed by atoms with Crippen LogP contribution in [-0.4, -0.2) is 30.9 Å². The average molecular weight is 412 g/mol. The summed E-state index contributed by atoms with van der Waals surface area (Å²) in [5, 5.41) is 5.71. The van der Waals surface area contributed by atoms with E-state index in [0.717, 1.165) is 5.56 Å². The Kier molecular flexibility index (Phi) is 7.55. The van der Waals surface area contributed by atoms with Crippen LogP contribution in [0, 0.1) is 5.92 Å². The highest BCUT2D eigenvalue weighted by atomic mass is 16.3. The van der Waals surface area contributed by atoms with Crippen molar-refractivity contribution in [3.8, 4) is 0 Å². The molecule has 1 saturated carbocycles. The topological polar surface area (TPSA) is 74.6 Å². The lowest BCUT2D eigenvalue weighted by molar-refractivity contribution is -0.124. The van der Waals surface area contributed by atoms with E-state index in [1.54, 1.807) is 12.1 Å². The highest BCUT2D eigenvalue weighted by Crippen LogP contribution is 2.26. The summed E-state index contributed by atoms with van der Waals surface area (Å²) in [6.07, 6.45) is 7.93. The van der Waals surface area contributed by atoms with Gasteiger partial charge in [0, 0.05) is 25.3 Å². The zero-order valence-corrected chi connectivity index (χ0v) is 18.2. The van der Waals surface area contributed by atoms with Crippen molar-refractivity contribution in [3.63, 3.8) is 0 Å². The molecule has 162 valence electrons. The number of hydrogen-bond donors (Lipinski definition) is 2. The van der Waals surface area contributed by atoms with E-state index in [9.17, 15) is 9.59 Å². The van der Waals surface area contributed by atoms with Crippen LogP contribution in [0.15, 0.2) is 47.1 Å². The fraction of sp³-hybridized carbons (Fsp3) is 0.500. The molecule has 2 amide bonds. The maximum Gasteiger partial charge on any atom is 0.287 e. The van der Waals surface area contributed by atoms with Gasteiger partial charge in [-0.3, -0.25) is 9.59 Å². The maximum absolute atomic E-state index is 12.7. The van der Waals surface area contributed by atoms with Crippen molar-refractivity contribution in [3.05, 3.63) is 54.0 Å². The van der Waals surface area contributed by atoms with E-state index in [2.05, 4.69) is 46.8 Å². The molecular formula is C24H33N3O3. The van der Waals surface area contributed by atoms with Gasteiger partial charge >= 0.3 is 0 Å². The summed E-state index contributed by atoms with van der Waals surface area (Å²) < 4.78 is 5.11. The lowest BCUT2D eigenvalue weighted by Crippen LogP contribution is -2.49. The first-order valence-corrected chi connectivity index (χ1v) is 10.9. The molecule has 1 fully saturated rings. The van der Waals surface area contributed by atoms with Crippen molar-refractivity contribution in [2.75, 3.05) is 11.9 Å². The Morgan fingerprint density at radius 3 is 2.40 bits per heavy atom. The molecule has 0 bridgehead atoms. The number of amides is 2. The third-order valence-electron chi connectivity index (χ3n) is 5.91. The van der Waals surface area contributed by atoms with Crippen LogP contribution in [0.2, 0.25) is 0 Å². The summed E-state index contributed by atoms with van der Waals surface area (Å²) in [5.41, 5.74) is 2.24. The third kappa shape index (κ3) is 5.65. The average Bonchev–Trinajstić information content (AvgIpc) is 3.31. The zero-order chi connectivity index (χ0) is 21.5. The summed E-state index contributed by atoms with van der Waals surface area (Å²) in [5.74, 6) is -0.432. The first-order chi connectivity index (χ1) is 14.5. The van der Waals surface area contributed by atoms with Crippen LogP contribution < -0.4 is 15.5 Å². The summed E-state index contributed by atoms with van der Waals surface area (Å²) >= 11 is 0. The van der Waals surface area contributed by atoms with E-state index >= 15 is 0 Å². The quantitative estimate of drug-likeness (QED) is 0.685. The number of nitrogens with zero attached hydrogens (tertiary/aromatic N) is 1. The minimum Gasteiger partial charge on any atom is -0.459 e. The van der Waals surface area contributed by atoms with E-state index < -0.39 is 6.04 Å². The lowest BCUT2D eigenvalue weighted by atomic mass is 9.94. The summed E-state index contributed by atoms with van der Waals surface area (Å²) in [6, 6.07) is 11.6. The third-order valence-corrected chi connectivity index (χ3v) is 5.91. The Labute approximate surface area is 179 Å². The molecule has 2 N–H and O–H groups in total. The van der Waals surface area contributed by atoms with Gasteiger partial charge in [0.1, 0.15) is 6.04 Å². The van der Waals surface area contributed by atoms with Gasteiger partial charge in [-0.05, 0) is 48.6 Å². The van der Waals surface area contributed by atoms with Crippen molar-refractivity contribution >= 4 is 17.5 Å². The Morgan fingerprint density at radius 1 is 1.10 bits per heavy atom. The van der Waals surface area contributed by atoms with Crippen LogP contribution in [0.3, 0.4) is 0 Å². The Hall–Kier alpha value is -2.76. The number of rotatable bonds is 8. The molecule has 0 radical (unpaired) electrons. The van der Waals surface area contributed by atoms with Gasteiger partial charge in [0.25, 0.3) is 5.91 Å². The zero-order valence-electron chi connectivity index (χ0n) is 18.2. The number of furan rings is 1. The molecule has 1 atom stereocenters. The van der Waals surface area contributed by atoms with Crippen molar-refractivity contribution in [2.45, 2.75) is 64.6 Å². The van der Waals surface area contributed by atoms with Gasteiger partial charge in [-0.1, -0.05) is 45.2 Å². The monoisotopic (exact) mass is 411 g/mol. The predicted octanol–water partition coefficient (Wildman–Crippen LogP) is 4.12. The van der Waals surface area contributed by atoms with E-state index in [1.165, 1.54) is 44.1 Å². The minimum absolute atomic E-state index is 0.0459. The Balaban J connectivity index is 1.54. The number of anilines is 1. The molecule has 6 nitrogen and oxygen atoms in total. The molecule has 1 unspecified atom stereocenters. The fourth-order valence-corrected chi connectivity index (χ4v) is 3.98. The van der Waals surface area contributed by atoms with Crippen LogP contribution in [0.5, 0.6) is 0 Å². The molecule has 1 aromatic heterocycles. The van der Waals surface area contributed by atoms with Crippen LogP contribution in [0.4, 0.5) is 5.69 Å². The van der Waals surface area contributed by atoms with Gasteiger partial charge < -0.3 is 20.0 Å². The van der Waals surface area contributed by atoms with E-state index in [1.807, 2.05) is 13.8 Å². The van der Waals surface area contributed by atoms with Crippen LogP contribution in [0.1, 0.15) is 62.1 Å². The van der Waals surface area contributed by atoms with Crippen LogP contribution in [-0.2, 0) is 11.3 Å². The molecule has 0 aliphatic heterocycles. The lowest BCUT2D eigenvalue weighted by Gasteiger charge is -2.33. The molecule has 0 spiro atoms. The number of nitrogens with one attached hydrogen (secondary N) is 2. The van der Waals surface area contributed by atoms with Gasteiger partial charge in [-0.15, -0.1) is 0 Å². The molecular weight excluding hydrogens is 378 g/mol. The Bertz CT molecular complexity index is 809. The van der Waals surface area contributed by atoms with Gasteiger partial charge in [0.15, 0.2) is 5.76 Å². The van der Waals surface area contributed by atoms with Gasteiger partial charge in [0.05, 0.1) is 6.26 Å². The first kappa shape index (κ1) is 21.9. The van der Waals surface area contributed by atoms with E-state index in [4.69, 9.17) is 4.42 Å². The SMILES string of the molecule is CC(C)C(NC(=O)c1ccco1)C(=O)NCc1ccc(N(C)C2CCCCC2)cc1. The van der Waals surface area contributed by atoms with Crippen LogP contribution >= 0.6 is 0 Å².